The SMILES string of the molecule is NC(N)=Nc1ccc(C(=O)Oc2cccc(CNS(=O)(=O)NC(CC(=O)O)C(=O)O)c2)cc1.O=C(O)C(F)(F)F. The van der Waals surface area contributed by atoms with Crippen LogP contribution in [0.1, 0.15) is 22.3 Å². The number of hydrogen-bond donors (Lipinski definition) is 7. The molecule has 2 aromatic rings. The van der Waals surface area contributed by atoms with Crippen molar-refractivity contribution in [2.45, 2.75) is 25.2 Å². The quantitative estimate of drug-likeness (QED) is 0.0803. The van der Waals surface area contributed by atoms with Crippen LogP contribution in [0.2, 0.25) is 0 Å². The summed E-state index contributed by atoms with van der Waals surface area (Å²) in [5.74, 6) is -6.55. The number of benzene rings is 2. The average molecular weight is 593 g/mol. The number of alkyl halides is 3. The van der Waals surface area contributed by atoms with Crippen molar-refractivity contribution in [3.8, 4) is 5.75 Å². The molecule has 0 amide bonds. The Balaban J connectivity index is 0.00000101. The van der Waals surface area contributed by atoms with Crippen molar-refractivity contribution in [1.29, 1.82) is 0 Å². The highest BCUT2D eigenvalue weighted by Gasteiger charge is 2.38. The number of guanidine groups is 1. The average Bonchev–Trinajstić information content (AvgIpc) is 2.82. The predicted octanol–water partition coefficient (Wildman–Crippen LogP) is 0.296. The number of halogens is 3. The van der Waals surface area contributed by atoms with Gasteiger partial charge in [-0.05, 0) is 42.0 Å². The van der Waals surface area contributed by atoms with E-state index in [4.69, 9.17) is 36.3 Å². The Morgan fingerprint density at radius 1 is 1.00 bits per heavy atom. The standard InChI is InChI=1S/C19H21N5O8S.C2HF3O2/c20-19(21)23-13-6-4-12(5-7-13)18(29)32-14-3-1-2-11(8-14)10-22-33(30,31)24-15(17(27)28)9-16(25)26;3-2(4,5)1(6)7/h1-8,15,22,24H,9-10H2,(H,25,26)(H,27,28)(H4,20,21,23);(H,6,7). The van der Waals surface area contributed by atoms with Crippen LogP contribution in [0.4, 0.5) is 18.9 Å². The lowest BCUT2D eigenvalue weighted by Gasteiger charge is -2.14. The summed E-state index contributed by atoms with van der Waals surface area (Å²) >= 11 is 0. The van der Waals surface area contributed by atoms with Crippen molar-refractivity contribution in [3.63, 3.8) is 0 Å². The monoisotopic (exact) mass is 593 g/mol. The molecule has 2 aromatic carbocycles. The second-order valence-corrected chi connectivity index (χ2v) is 8.89. The Bertz CT molecular complexity index is 1360. The van der Waals surface area contributed by atoms with E-state index in [-0.39, 0.29) is 23.8 Å². The number of carbonyl (C=O) groups is 4. The van der Waals surface area contributed by atoms with Crippen LogP contribution in [-0.2, 0) is 31.1 Å². The van der Waals surface area contributed by atoms with E-state index in [0.29, 0.717) is 11.3 Å². The van der Waals surface area contributed by atoms with Crippen LogP contribution in [-0.4, -0.2) is 65.8 Å². The molecule has 19 heteroatoms. The fraction of sp³-hybridized carbons (Fsp3) is 0.190. The second-order valence-electron chi connectivity index (χ2n) is 7.35. The van der Waals surface area contributed by atoms with Gasteiger partial charge < -0.3 is 31.5 Å². The lowest BCUT2D eigenvalue weighted by atomic mass is 10.2. The van der Waals surface area contributed by atoms with Crippen molar-refractivity contribution in [2.24, 2.45) is 16.5 Å². The molecule has 0 saturated heterocycles. The van der Waals surface area contributed by atoms with Crippen molar-refractivity contribution >= 4 is 45.7 Å². The third-order valence-electron chi connectivity index (χ3n) is 4.15. The van der Waals surface area contributed by atoms with Crippen LogP contribution in [0.5, 0.6) is 5.75 Å². The van der Waals surface area contributed by atoms with E-state index in [1.807, 2.05) is 0 Å². The number of carboxylic acid groups (broad SMARTS) is 3. The van der Waals surface area contributed by atoms with Gasteiger partial charge in [0.1, 0.15) is 11.8 Å². The molecule has 9 N–H and O–H groups in total. The first-order valence-electron chi connectivity index (χ1n) is 10.4. The summed E-state index contributed by atoms with van der Waals surface area (Å²) < 4.78 is 65.0. The zero-order valence-electron chi connectivity index (χ0n) is 20.0. The molecule has 0 heterocycles. The molecular weight excluding hydrogens is 571 g/mol. The number of ether oxygens (including phenoxy) is 1. The molecule has 1 atom stereocenters. The molecule has 15 nitrogen and oxygen atoms in total. The van der Waals surface area contributed by atoms with Gasteiger partial charge in [0.05, 0.1) is 17.7 Å². The number of carboxylic acids is 3. The van der Waals surface area contributed by atoms with E-state index in [1.54, 1.807) is 4.72 Å². The van der Waals surface area contributed by atoms with Gasteiger partial charge in [-0.2, -0.15) is 31.0 Å². The number of hydrogen-bond acceptors (Lipinski definition) is 8. The first-order chi connectivity index (χ1) is 18.4. The molecule has 0 spiro atoms. The fourth-order valence-electron chi connectivity index (χ4n) is 2.47. The van der Waals surface area contributed by atoms with E-state index >= 15 is 0 Å². The fourth-order valence-corrected chi connectivity index (χ4v) is 3.47. The minimum Gasteiger partial charge on any atom is -0.481 e. The lowest BCUT2D eigenvalue weighted by Crippen LogP contribution is -2.47. The maximum Gasteiger partial charge on any atom is 0.490 e. The highest BCUT2D eigenvalue weighted by molar-refractivity contribution is 7.87. The molecule has 2 rings (SSSR count). The third-order valence-corrected chi connectivity index (χ3v) is 5.27. The summed E-state index contributed by atoms with van der Waals surface area (Å²) in [5, 5.41) is 24.8. The van der Waals surface area contributed by atoms with E-state index < -0.39 is 52.7 Å². The first-order valence-corrected chi connectivity index (χ1v) is 11.9. The van der Waals surface area contributed by atoms with Crippen LogP contribution in [0, 0.1) is 0 Å². The van der Waals surface area contributed by atoms with Gasteiger partial charge >= 0.3 is 30.1 Å². The Hall–Kier alpha value is -4.75. The molecule has 0 fully saturated rings. The van der Waals surface area contributed by atoms with Gasteiger partial charge in [0.25, 0.3) is 10.2 Å². The predicted molar refractivity (Wildman–Crippen MR) is 130 cm³/mol. The highest BCUT2D eigenvalue weighted by atomic mass is 32.2. The van der Waals surface area contributed by atoms with Gasteiger partial charge in [0, 0.05) is 6.54 Å². The van der Waals surface area contributed by atoms with E-state index in [9.17, 15) is 36.0 Å². The van der Waals surface area contributed by atoms with Crippen molar-refractivity contribution in [3.05, 3.63) is 59.7 Å². The van der Waals surface area contributed by atoms with Crippen LogP contribution in [0.25, 0.3) is 0 Å². The molecule has 0 aliphatic heterocycles. The molecule has 0 saturated carbocycles. The van der Waals surface area contributed by atoms with Crippen molar-refractivity contribution < 1.29 is 60.8 Å². The molecule has 0 bridgehead atoms. The first kappa shape index (κ1) is 33.3. The number of aliphatic carboxylic acids is 3. The van der Waals surface area contributed by atoms with Gasteiger partial charge in [-0.3, -0.25) is 9.59 Å². The smallest absolute Gasteiger partial charge is 0.481 e. The van der Waals surface area contributed by atoms with E-state index in [1.165, 1.54) is 48.5 Å². The second kappa shape index (κ2) is 14.4. The maximum absolute atomic E-state index is 12.3. The normalized spacial score (nSPS) is 11.8. The largest absolute Gasteiger partial charge is 0.490 e. The Morgan fingerprint density at radius 2 is 1.57 bits per heavy atom. The molecule has 0 aliphatic rings. The van der Waals surface area contributed by atoms with Gasteiger partial charge in [-0.1, -0.05) is 12.1 Å². The minimum absolute atomic E-state index is 0.131. The van der Waals surface area contributed by atoms with Gasteiger partial charge in [0.2, 0.25) is 0 Å². The summed E-state index contributed by atoms with van der Waals surface area (Å²) in [6.07, 6.45) is -6.02. The molecule has 0 aliphatic carbocycles. The summed E-state index contributed by atoms with van der Waals surface area (Å²) in [6, 6.07) is 10.1. The molecule has 0 radical (unpaired) electrons. The van der Waals surface area contributed by atoms with E-state index in [0.717, 1.165) is 0 Å². The molecular formula is C21H22F3N5O10S. The third kappa shape index (κ3) is 12.7. The maximum atomic E-state index is 12.3. The molecule has 0 aromatic heterocycles. The zero-order chi connectivity index (χ0) is 30.7. The summed E-state index contributed by atoms with van der Waals surface area (Å²) in [6.45, 7) is -0.284. The van der Waals surface area contributed by atoms with Gasteiger partial charge in [-0.15, -0.1) is 0 Å². The van der Waals surface area contributed by atoms with Gasteiger partial charge in [0.15, 0.2) is 5.96 Å². The van der Waals surface area contributed by atoms with Crippen LogP contribution in [0.15, 0.2) is 53.5 Å². The summed E-state index contributed by atoms with van der Waals surface area (Å²) in [7, 11) is -4.34. The highest BCUT2D eigenvalue weighted by Crippen LogP contribution is 2.18. The number of nitrogens with two attached hydrogens (primary N) is 2. The van der Waals surface area contributed by atoms with Crippen LogP contribution >= 0.6 is 0 Å². The van der Waals surface area contributed by atoms with Crippen LogP contribution < -0.4 is 25.6 Å². The molecule has 218 valence electrons. The Morgan fingerprint density at radius 3 is 2.05 bits per heavy atom. The molecule has 40 heavy (non-hydrogen) atoms. The lowest BCUT2D eigenvalue weighted by molar-refractivity contribution is -0.192. The number of nitrogens with zero attached hydrogens (tertiary/aromatic N) is 1. The van der Waals surface area contributed by atoms with Crippen molar-refractivity contribution in [1.82, 2.24) is 9.44 Å². The number of carbonyl (C=O) groups excluding carboxylic acids is 1. The van der Waals surface area contributed by atoms with Gasteiger partial charge in [-0.25, -0.2) is 14.6 Å². The van der Waals surface area contributed by atoms with Crippen LogP contribution in [0.3, 0.4) is 0 Å². The number of rotatable bonds is 11. The summed E-state index contributed by atoms with van der Waals surface area (Å²) in [5.41, 5.74) is 11.6. The Kier molecular flexibility index (Phi) is 12.0. The van der Waals surface area contributed by atoms with Crippen molar-refractivity contribution in [2.75, 3.05) is 0 Å². The zero-order valence-corrected chi connectivity index (χ0v) is 20.8. The Labute approximate surface area is 223 Å². The number of aliphatic imine (C=N–C) groups is 1. The summed E-state index contributed by atoms with van der Waals surface area (Å²) in [4.78, 5) is 46.8. The molecule has 1 unspecified atom stereocenters. The number of esters is 1. The minimum atomic E-state index is -5.08. The van der Waals surface area contributed by atoms with E-state index in [2.05, 4.69) is 9.71 Å². The topological polar surface area (TPSA) is 261 Å². The number of nitrogens with one attached hydrogen (secondary N) is 2.